The standard InChI is InChI=1S/C23H30NO7P/c1-4-31-32(27,28)21(15-18(2)3)24(22(25)29-16-19-11-7-5-8-12-19)23(26)30-17-20-13-9-6-10-14-20/h5-14,18,21H,4,15-17H2,1-3H3,(H,27,28). The molecule has 0 saturated carbocycles. The first kappa shape index (κ1) is 25.6. The third-order valence-corrected chi connectivity index (χ3v) is 6.30. The Kier molecular flexibility index (Phi) is 9.91. The molecule has 0 heterocycles. The van der Waals surface area contributed by atoms with Crippen LogP contribution in [0.3, 0.4) is 0 Å². The molecule has 174 valence electrons. The van der Waals surface area contributed by atoms with E-state index in [4.69, 9.17) is 14.0 Å². The average molecular weight is 463 g/mol. The summed E-state index contributed by atoms with van der Waals surface area (Å²) in [7, 11) is -4.39. The van der Waals surface area contributed by atoms with Crippen LogP contribution in [-0.2, 0) is 31.8 Å². The first-order valence-corrected chi connectivity index (χ1v) is 12.1. The maximum Gasteiger partial charge on any atom is 0.420 e. The highest BCUT2D eigenvalue weighted by Gasteiger charge is 2.45. The topological polar surface area (TPSA) is 102 Å². The monoisotopic (exact) mass is 463 g/mol. The Bertz CT molecular complexity index is 850. The first-order chi connectivity index (χ1) is 15.2. The van der Waals surface area contributed by atoms with Crippen molar-refractivity contribution in [3.05, 3.63) is 71.8 Å². The number of hydrogen-bond donors (Lipinski definition) is 1. The molecule has 1 N–H and O–H groups in total. The fourth-order valence-corrected chi connectivity index (χ4v) is 4.68. The molecule has 2 unspecified atom stereocenters. The molecule has 0 fully saturated rings. The summed E-state index contributed by atoms with van der Waals surface area (Å²) in [4.78, 5) is 37.0. The number of carbonyl (C=O) groups is 2. The van der Waals surface area contributed by atoms with Gasteiger partial charge in [0, 0.05) is 0 Å². The molecule has 32 heavy (non-hydrogen) atoms. The van der Waals surface area contributed by atoms with Crippen molar-refractivity contribution in [3.8, 4) is 0 Å². The summed E-state index contributed by atoms with van der Waals surface area (Å²) in [5.41, 5.74) is 1.41. The lowest BCUT2D eigenvalue weighted by Gasteiger charge is -2.32. The highest BCUT2D eigenvalue weighted by atomic mass is 31.2. The Labute approximate surface area is 188 Å². The number of benzene rings is 2. The van der Waals surface area contributed by atoms with Crippen LogP contribution in [0.4, 0.5) is 9.59 Å². The number of carbonyl (C=O) groups excluding carboxylic acids is 2. The lowest BCUT2D eigenvalue weighted by atomic mass is 10.1. The predicted octanol–water partition coefficient (Wildman–Crippen LogP) is 5.56. The van der Waals surface area contributed by atoms with E-state index >= 15 is 0 Å². The molecule has 0 aliphatic rings. The molecule has 2 aromatic rings. The molecule has 2 amide bonds. The van der Waals surface area contributed by atoms with Gasteiger partial charge in [0.05, 0.1) is 6.61 Å². The van der Waals surface area contributed by atoms with Crippen LogP contribution in [0, 0.1) is 5.92 Å². The Morgan fingerprint density at radius 3 is 1.72 bits per heavy atom. The van der Waals surface area contributed by atoms with E-state index in [0.29, 0.717) is 16.0 Å². The average Bonchev–Trinajstić information content (AvgIpc) is 2.77. The van der Waals surface area contributed by atoms with E-state index in [0.717, 1.165) is 0 Å². The zero-order chi connectivity index (χ0) is 23.6. The van der Waals surface area contributed by atoms with Crippen LogP contribution in [0.5, 0.6) is 0 Å². The molecule has 2 atom stereocenters. The number of hydrogen-bond acceptors (Lipinski definition) is 6. The second-order valence-corrected chi connectivity index (χ2v) is 9.52. The summed E-state index contributed by atoms with van der Waals surface area (Å²) in [6.07, 6.45) is -2.12. The molecule has 0 spiro atoms. The molecule has 0 aliphatic heterocycles. The molecule has 0 saturated heterocycles. The Balaban J connectivity index is 2.28. The Morgan fingerprint density at radius 2 is 1.34 bits per heavy atom. The number of rotatable bonds is 10. The van der Waals surface area contributed by atoms with Gasteiger partial charge in [-0.15, -0.1) is 0 Å². The molecule has 2 aromatic carbocycles. The minimum absolute atomic E-state index is 0.0364. The molecule has 8 nitrogen and oxygen atoms in total. The fourth-order valence-electron chi connectivity index (χ4n) is 2.97. The van der Waals surface area contributed by atoms with Gasteiger partial charge in [-0.3, -0.25) is 4.57 Å². The molecule has 0 aliphatic carbocycles. The van der Waals surface area contributed by atoms with E-state index in [1.54, 1.807) is 55.5 Å². The van der Waals surface area contributed by atoms with E-state index in [-0.39, 0.29) is 32.2 Å². The quantitative estimate of drug-likeness (QED) is 0.461. The lowest BCUT2D eigenvalue weighted by Crippen LogP contribution is -2.46. The van der Waals surface area contributed by atoms with Crippen molar-refractivity contribution in [3.63, 3.8) is 0 Å². The summed E-state index contributed by atoms with van der Waals surface area (Å²) in [5, 5.41) is 0. The molecular formula is C23H30NO7P. The van der Waals surface area contributed by atoms with Crippen LogP contribution in [0.15, 0.2) is 60.7 Å². The van der Waals surface area contributed by atoms with Crippen LogP contribution in [0.1, 0.15) is 38.3 Å². The minimum Gasteiger partial charge on any atom is -0.444 e. The van der Waals surface area contributed by atoms with Crippen molar-refractivity contribution in [1.82, 2.24) is 4.90 Å². The van der Waals surface area contributed by atoms with Gasteiger partial charge in [-0.05, 0) is 30.4 Å². The van der Waals surface area contributed by atoms with E-state index in [1.807, 2.05) is 26.0 Å². The van der Waals surface area contributed by atoms with E-state index in [2.05, 4.69) is 0 Å². The van der Waals surface area contributed by atoms with Crippen molar-refractivity contribution in [2.75, 3.05) is 6.61 Å². The first-order valence-electron chi connectivity index (χ1n) is 10.4. The predicted molar refractivity (Wildman–Crippen MR) is 120 cm³/mol. The molecule has 0 aromatic heterocycles. The highest BCUT2D eigenvalue weighted by Crippen LogP contribution is 2.51. The second kappa shape index (κ2) is 12.4. The summed E-state index contributed by atoms with van der Waals surface area (Å²) in [6, 6.07) is 17.8. The largest absolute Gasteiger partial charge is 0.444 e. The molecule has 9 heteroatoms. The number of ether oxygens (including phenoxy) is 2. The van der Waals surface area contributed by atoms with E-state index in [9.17, 15) is 19.0 Å². The smallest absolute Gasteiger partial charge is 0.420 e. The summed E-state index contributed by atoms with van der Waals surface area (Å²) >= 11 is 0. The summed E-state index contributed by atoms with van der Waals surface area (Å²) < 4.78 is 28.6. The van der Waals surface area contributed by atoms with Crippen molar-refractivity contribution in [2.45, 2.75) is 46.2 Å². The fraction of sp³-hybridized carbons (Fsp3) is 0.391. The van der Waals surface area contributed by atoms with Gasteiger partial charge < -0.3 is 18.9 Å². The van der Waals surface area contributed by atoms with Gasteiger partial charge in [-0.2, -0.15) is 4.90 Å². The highest BCUT2D eigenvalue weighted by molar-refractivity contribution is 7.53. The van der Waals surface area contributed by atoms with Crippen molar-refractivity contribution in [2.24, 2.45) is 5.92 Å². The SMILES string of the molecule is CCOP(=O)(O)C(CC(C)C)N(C(=O)OCc1ccccc1)C(=O)OCc1ccccc1. The zero-order valence-corrected chi connectivity index (χ0v) is 19.4. The summed E-state index contributed by atoms with van der Waals surface area (Å²) in [6.45, 7) is 4.89. The summed E-state index contributed by atoms with van der Waals surface area (Å²) in [5.74, 6) is -1.57. The molecule has 0 radical (unpaired) electrons. The number of nitrogens with zero attached hydrogens (tertiary/aromatic N) is 1. The molecular weight excluding hydrogens is 433 g/mol. The van der Waals surface area contributed by atoms with Gasteiger partial charge in [0.1, 0.15) is 19.0 Å². The second-order valence-electron chi connectivity index (χ2n) is 7.54. The van der Waals surface area contributed by atoms with Gasteiger partial charge in [0.15, 0.2) is 0 Å². The van der Waals surface area contributed by atoms with Gasteiger partial charge >= 0.3 is 19.8 Å². The molecule has 2 rings (SSSR count). The maximum atomic E-state index is 13.0. The lowest BCUT2D eigenvalue weighted by molar-refractivity contribution is 0.0583. The third kappa shape index (κ3) is 7.79. The molecule has 0 bridgehead atoms. The number of imide groups is 1. The van der Waals surface area contributed by atoms with Crippen LogP contribution < -0.4 is 0 Å². The van der Waals surface area contributed by atoms with Gasteiger partial charge in [-0.1, -0.05) is 74.5 Å². The number of amides is 2. The Morgan fingerprint density at radius 1 is 0.906 bits per heavy atom. The zero-order valence-electron chi connectivity index (χ0n) is 18.5. The van der Waals surface area contributed by atoms with Gasteiger partial charge in [0.2, 0.25) is 0 Å². The van der Waals surface area contributed by atoms with E-state index < -0.39 is 25.6 Å². The Hall–Kier alpha value is -2.67. The normalized spacial score (nSPS) is 13.8. The van der Waals surface area contributed by atoms with Crippen LogP contribution in [0.25, 0.3) is 0 Å². The van der Waals surface area contributed by atoms with Crippen molar-refractivity contribution >= 4 is 19.8 Å². The third-order valence-electron chi connectivity index (χ3n) is 4.47. The van der Waals surface area contributed by atoms with E-state index in [1.165, 1.54) is 0 Å². The minimum atomic E-state index is -4.39. The van der Waals surface area contributed by atoms with Crippen LogP contribution >= 0.6 is 7.60 Å². The van der Waals surface area contributed by atoms with Crippen molar-refractivity contribution in [1.29, 1.82) is 0 Å². The van der Waals surface area contributed by atoms with Gasteiger partial charge in [-0.25, -0.2) is 9.59 Å². The van der Waals surface area contributed by atoms with Crippen molar-refractivity contribution < 1.29 is 33.0 Å². The van der Waals surface area contributed by atoms with Crippen LogP contribution in [-0.4, -0.2) is 34.4 Å². The van der Waals surface area contributed by atoms with Crippen LogP contribution in [0.2, 0.25) is 0 Å². The van der Waals surface area contributed by atoms with Gasteiger partial charge in [0.25, 0.3) is 0 Å². The maximum absolute atomic E-state index is 13.0.